The fourth-order valence-electron chi connectivity index (χ4n) is 3.38. The van der Waals surface area contributed by atoms with Gasteiger partial charge in [-0.15, -0.1) is 0 Å². The first kappa shape index (κ1) is 30.3. The van der Waals surface area contributed by atoms with Gasteiger partial charge in [-0.3, -0.25) is 14.0 Å². The van der Waals surface area contributed by atoms with E-state index in [4.69, 9.17) is 18.5 Å². The summed E-state index contributed by atoms with van der Waals surface area (Å²) >= 11 is 0. The Labute approximate surface area is 227 Å². The summed E-state index contributed by atoms with van der Waals surface area (Å²) in [5.74, 6) is 0.528. The van der Waals surface area contributed by atoms with Crippen molar-refractivity contribution in [2.24, 2.45) is 0 Å². The maximum absolute atomic E-state index is 13.1. The van der Waals surface area contributed by atoms with Crippen molar-refractivity contribution in [3.8, 4) is 17.2 Å². The molecule has 1 atom stereocenters. The van der Waals surface area contributed by atoms with E-state index in [2.05, 4.69) is 10.4 Å². The van der Waals surface area contributed by atoms with Crippen LogP contribution in [0.15, 0.2) is 59.6 Å². The van der Waals surface area contributed by atoms with Crippen molar-refractivity contribution in [2.75, 3.05) is 31.4 Å². The number of hydrogen-bond acceptors (Lipinski definition) is 10. The minimum atomic E-state index is -3.40. The summed E-state index contributed by atoms with van der Waals surface area (Å²) in [6, 6.07) is 11.9. The highest BCUT2D eigenvalue weighted by molar-refractivity contribution is 7.90. The Morgan fingerprint density at radius 3 is 2.28 bits per heavy atom. The highest BCUT2D eigenvalue weighted by Crippen LogP contribution is 2.49. The molecule has 1 amide bonds. The van der Waals surface area contributed by atoms with Gasteiger partial charge < -0.3 is 28.9 Å². The molecule has 2 aromatic carbocycles. The van der Waals surface area contributed by atoms with Crippen molar-refractivity contribution in [2.45, 2.75) is 38.1 Å². The average Bonchev–Trinajstić information content (AvgIpc) is 3.29. The first-order valence-corrected chi connectivity index (χ1v) is 15.7. The van der Waals surface area contributed by atoms with E-state index in [1.165, 1.54) is 53.3 Å². The molecule has 3 aromatic rings. The number of anilines is 1. The number of carbonyl (C=O) groups is 1. The highest BCUT2D eigenvalue weighted by Gasteiger charge is 2.25. The number of carbonyl (C=O) groups excluding carboxylic acids is 1. The van der Waals surface area contributed by atoms with Crippen molar-refractivity contribution in [1.29, 1.82) is 0 Å². The Kier molecular flexibility index (Phi) is 10.3. The predicted octanol–water partition coefficient (Wildman–Crippen LogP) is 4.31. The maximum atomic E-state index is 13.1. The molecule has 0 bridgehead atoms. The first-order valence-electron chi connectivity index (χ1n) is 12.1. The van der Waals surface area contributed by atoms with Gasteiger partial charge in [0.25, 0.3) is 5.91 Å². The molecule has 3 rings (SSSR count). The van der Waals surface area contributed by atoms with Gasteiger partial charge in [-0.05, 0) is 57.2 Å². The number of nitrogens with zero attached hydrogens (tertiary/aromatic N) is 2. The van der Waals surface area contributed by atoms with Gasteiger partial charge in [-0.2, -0.15) is 5.10 Å². The summed E-state index contributed by atoms with van der Waals surface area (Å²) in [6.07, 6.45) is 1.98. The molecule has 14 heteroatoms. The topological polar surface area (TPSA) is 155 Å². The Balaban J connectivity index is 1.81. The summed E-state index contributed by atoms with van der Waals surface area (Å²) in [6.45, 7) is 5.26. The molecule has 39 heavy (non-hydrogen) atoms. The van der Waals surface area contributed by atoms with Crippen LogP contribution >= 0.6 is 7.60 Å². The maximum Gasteiger partial charge on any atom is 0.351 e. The second kappa shape index (κ2) is 13.2. The molecule has 12 nitrogen and oxygen atoms in total. The van der Waals surface area contributed by atoms with Crippen molar-refractivity contribution in [1.82, 2.24) is 9.78 Å². The molecule has 0 aliphatic carbocycles. The zero-order valence-electron chi connectivity index (χ0n) is 22.1. The largest absolute Gasteiger partial charge is 0.488 e. The molecule has 1 aromatic heterocycles. The lowest BCUT2D eigenvalue weighted by Gasteiger charge is -2.16. The van der Waals surface area contributed by atoms with Crippen molar-refractivity contribution in [3.63, 3.8) is 0 Å². The first-order chi connectivity index (χ1) is 18.4. The standard InChI is InChI=1S/C25H32N3O9PS/c1-5-34-38(31,35-6-2)17-28-12-11-24(27-28)26-25(30)19-13-21(36-18(3)16-29)15-22(14-19)37-20-7-9-23(10-8-20)39(4,32)33/h7-15,18,29H,5-6,16-17H2,1-4H3,(H,26,27,30)/t18-/m0/s1. The quantitative estimate of drug-likeness (QED) is 0.263. The number of ether oxygens (including phenoxy) is 2. The number of nitrogens with one attached hydrogen (secondary N) is 1. The van der Waals surface area contributed by atoms with Crippen LogP contribution in [0.3, 0.4) is 0 Å². The molecule has 0 aliphatic rings. The molecular weight excluding hydrogens is 549 g/mol. The Morgan fingerprint density at radius 2 is 1.69 bits per heavy atom. The zero-order valence-corrected chi connectivity index (χ0v) is 23.8. The van der Waals surface area contributed by atoms with Gasteiger partial charge >= 0.3 is 7.60 Å². The van der Waals surface area contributed by atoms with Gasteiger partial charge in [0, 0.05) is 30.1 Å². The van der Waals surface area contributed by atoms with E-state index >= 15 is 0 Å². The van der Waals surface area contributed by atoms with E-state index in [9.17, 15) is 22.9 Å². The van der Waals surface area contributed by atoms with Gasteiger partial charge in [0.05, 0.1) is 24.7 Å². The Hall–Kier alpha value is -3.22. The molecule has 0 unspecified atom stereocenters. The van der Waals surface area contributed by atoms with Crippen LogP contribution < -0.4 is 14.8 Å². The van der Waals surface area contributed by atoms with Gasteiger partial charge in [-0.1, -0.05) is 0 Å². The van der Waals surface area contributed by atoms with Crippen LogP contribution in [0.2, 0.25) is 0 Å². The van der Waals surface area contributed by atoms with Crippen molar-refractivity contribution < 1.29 is 41.4 Å². The van der Waals surface area contributed by atoms with E-state index in [0.29, 0.717) is 5.75 Å². The van der Waals surface area contributed by atoms with E-state index in [1.807, 2.05) is 0 Å². The SMILES string of the molecule is CCOP(=O)(Cn1ccc(NC(=O)c2cc(Oc3ccc(S(C)(=O)=O)cc3)cc(O[C@@H](C)CO)c2)n1)OCC. The lowest BCUT2D eigenvalue weighted by molar-refractivity contribution is 0.102. The number of amides is 1. The van der Waals surface area contributed by atoms with E-state index in [1.54, 1.807) is 26.8 Å². The van der Waals surface area contributed by atoms with Gasteiger partial charge in [0.1, 0.15) is 29.6 Å². The van der Waals surface area contributed by atoms with Crippen LogP contribution in [-0.4, -0.2) is 61.4 Å². The van der Waals surface area contributed by atoms with Gasteiger partial charge in [0.15, 0.2) is 15.7 Å². The third kappa shape index (κ3) is 8.91. The van der Waals surface area contributed by atoms with Crippen LogP contribution in [0.4, 0.5) is 5.82 Å². The Bertz CT molecular complexity index is 1410. The smallest absolute Gasteiger partial charge is 0.351 e. The molecular formula is C25H32N3O9PS. The van der Waals surface area contributed by atoms with Crippen LogP contribution in [0.5, 0.6) is 17.2 Å². The van der Waals surface area contributed by atoms with Crippen molar-refractivity contribution in [3.05, 3.63) is 60.3 Å². The molecule has 0 saturated heterocycles. The molecule has 0 radical (unpaired) electrons. The lowest BCUT2D eigenvalue weighted by Crippen LogP contribution is -2.17. The third-order valence-corrected chi connectivity index (χ3v) is 8.14. The number of aromatic nitrogens is 2. The minimum Gasteiger partial charge on any atom is -0.488 e. The number of sulfone groups is 1. The second-order valence-corrected chi connectivity index (χ2v) is 12.5. The zero-order chi connectivity index (χ0) is 28.6. The molecule has 0 spiro atoms. The predicted molar refractivity (Wildman–Crippen MR) is 144 cm³/mol. The van der Waals surface area contributed by atoms with E-state index in [0.717, 1.165) is 6.26 Å². The van der Waals surface area contributed by atoms with Gasteiger partial charge in [0.2, 0.25) is 0 Å². The Morgan fingerprint density at radius 1 is 1.05 bits per heavy atom. The second-order valence-electron chi connectivity index (χ2n) is 8.43. The fraction of sp³-hybridized carbons (Fsp3) is 0.360. The number of aliphatic hydroxyl groups excluding tert-OH is 1. The molecule has 2 N–H and O–H groups in total. The summed E-state index contributed by atoms with van der Waals surface area (Å²) in [4.78, 5) is 13.2. The summed E-state index contributed by atoms with van der Waals surface area (Å²) in [5.41, 5.74) is 0.171. The van der Waals surface area contributed by atoms with E-state index < -0.39 is 29.4 Å². The average molecular weight is 582 g/mol. The number of hydrogen-bond donors (Lipinski definition) is 2. The normalized spacial score (nSPS) is 12.6. The van der Waals surface area contributed by atoms with Crippen molar-refractivity contribution >= 4 is 29.2 Å². The van der Waals surface area contributed by atoms with Crippen LogP contribution in [0, 0.1) is 0 Å². The van der Waals surface area contributed by atoms with Crippen LogP contribution in [0.1, 0.15) is 31.1 Å². The fourth-order valence-corrected chi connectivity index (χ4v) is 5.54. The summed E-state index contributed by atoms with van der Waals surface area (Å²) in [7, 11) is -6.76. The van der Waals surface area contributed by atoms with Crippen LogP contribution in [0.25, 0.3) is 0 Å². The summed E-state index contributed by atoms with van der Waals surface area (Å²) < 4.78 is 59.7. The van der Waals surface area contributed by atoms with Crippen LogP contribution in [-0.2, 0) is 29.7 Å². The molecule has 0 saturated carbocycles. The molecule has 0 fully saturated rings. The molecule has 212 valence electrons. The third-order valence-electron chi connectivity index (χ3n) is 5.08. The molecule has 0 aliphatic heterocycles. The lowest BCUT2D eigenvalue weighted by atomic mass is 10.2. The summed E-state index contributed by atoms with van der Waals surface area (Å²) in [5, 5.41) is 16.3. The molecule has 1 heterocycles. The number of aliphatic hydroxyl groups is 1. The minimum absolute atomic E-state index is 0.122. The monoisotopic (exact) mass is 581 g/mol. The number of benzene rings is 2. The van der Waals surface area contributed by atoms with E-state index in [-0.39, 0.29) is 53.9 Å². The van der Waals surface area contributed by atoms with Gasteiger partial charge in [-0.25, -0.2) is 8.42 Å². The number of rotatable bonds is 14. The highest BCUT2D eigenvalue weighted by atomic mass is 32.2.